The molecule has 132 valence electrons. The van der Waals surface area contributed by atoms with Gasteiger partial charge in [0.1, 0.15) is 5.82 Å². The SMILES string of the molecule is CC1CC(C)CN(C(=O)c2cc(NC(=O)c3ccccc3)n(C)n2)C1. The van der Waals surface area contributed by atoms with E-state index in [1.807, 2.05) is 23.1 Å². The Labute approximate surface area is 147 Å². The van der Waals surface area contributed by atoms with Crippen molar-refractivity contribution in [2.24, 2.45) is 18.9 Å². The van der Waals surface area contributed by atoms with Crippen LogP contribution in [0, 0.1) is 11.8 Å². The van der Waals surface area contributed by atoms with Crippen LogP contribution in [0.3, 0.4) is 0 Å². The molecular formula is C19H24N4O2. The molecule has 1 aromatic carbocycles. The lowest BCUT2D eigenvalue weighted by Crippen LogP contribution is -2.42. The highest BCUT2D eigenvalue weighted by Gasteiger charge is 2.28. The number of carbonyl (C=O) groups excluding carboxylic acids is 2. The average Bonchev–Trinajstić information content (AvgIpc) is 2.94. The third kappa shape index (κ3) is 3.90. The van der Waals surface area contributed by atoms with Gasteiger partial charge in [0.05, 0.1) is 0 Å². The van der Waals surface area contributed by atoms with Crippen LogP contribution in [0.25, 0.3) is 0 Å². The van der Waals surface area contributed by atoms with Crippen molar-refractivity contribution < 1.29 is 9.59 Å². The molecule has 2 amide bonds. The maximum atomic E-state index is 12.7. The molecule has 25 heavy (non-hydrogen) atoms. The average molecular weight is 340 g/mol. The first kappa shape index (κ1) is 17.2. The number of hydrogen-bond acceptors (Lipinski definition) is 3. The van der Waals surface area contributed by atoms with Gasteiger partial charge in [-0.05, 0) is 30.4 Å². The smallest absolute Gasteiger partial charge is 0.274 e. The number of nitrogens with one attached hydrogen (secondary N) is 1. The van der Waals surface area contributed by atoms with Gasteiger partial charge in [0, 0.05) is 31.8 Å². The third-order valence-corrected chi connectivity index (χ3v) is 4.53. The number of carbonyl (C=O) groups is 2. The van der Waals surface area contributed by atoms with Crippen LogP contribution in [-0.2, 0) is 7.05 Å². The summed E-state index contributed by atoms with van der Waals surface area (Å²) < 4.78 is 1.53. The van der Waals surface area contributed by atoms with Gasteiger partial charge in [-0.3, -0.25) is 14.3 Å². The lowest BCUT2D eigenvalue weighted by Gasteiger charge is -2.34. The number of hydrogen-bond donors (Lipinski definition) is 1. The van der Waals surface area contributed by atoms with E-state index in [1.54, 1.807) is 25.2 Å². The molecule has 1 aliphatic heterocycles. The molecular weight excluding hydrogens is 316 g/mol. The Kier molecular flexibility index (Phi) is 4.88. The fraction of sp³-hybridized carbons (Fsp3) is 0.421. The van der Waals surface area contributed by atoms with Crippen LogP contribution in [-0.4, -0.2) is 39.6 Å². The molecule has 6 heteroatoms. The van der Waals surface area contributed by atoms with E-state index in [2.05, 4.69) is 24.3 Å². The van der Waals surface area contributed by atoms with Crippen molar-refractivity contribution in [3.05, 3.63) is 47.7 Å². The largest absolute Gasteiger partial charge is 0.337 e. The summed E-state index contributed by atoms with van der Waals surface area (Å²) >= 11 is 0. The Morgan fingerprint density at radius 3 is 2.40 bits per heavy atom. The number of nitrogens with zero attached hydrogens (tertiary/aromatic N) is 3. The Bertz CT molecular complexity index is 759. The molecule has 0 aliphatic carbocycles. The molecule has 3 rings (SSSR count). The van der Waals surface area contributed by atoms with Crippen LogP contribution in [0.4, 0.5) is 5.82 Å². The molecule has 1 N–H and O–H groups in total. The van der Waals surface area contributed by atoms with Crippen molar-refractivity contribution in [3.63, 3.8) is 0 Å². The van der Waals surface area contributed by atoms with E-state index in [1.165, 1.54) is 4.68 Å². The van der Waals surface area contributed by atoms with Crippen LogP contribution in [0.15, 0.2) is 36.4 Å². The minimum atomic E-state index is -0.220. The minimum absolute atomic E-state index is 0.0748. The lowest BCUT2D eigenvalue weighted by molar-refractivity contribution is 0.0616. The maximum absolute atomic E-state index is 12.7. The fourth-order valence-corrected chi connectivity index (χ4v) is 3.46. The van der Waals surface area contributed by atoms with E-state index in [4.69, 9.17) is 0 Å². The molecule has 1 fully saturated rings. The third-order valence-electron chi connectivity index (χ3n) is 4.53. The summed E-state index contributed by atoms with van der Waals surface area (Å²) in [4.78, 5) is 26.9. The van der Waals surface area contributed by atoms with Crippen LogP contribution >= 0.6 is 0 Å². The summed E-state index contributed by atoms with van der Waals surface area (Å²) in [5.74, 6) is 1.20. The van der Waals surface area contributed by atoms with Crippen LogP contribution in [0.1, 0.15) is 41.1 Å². The second kappa shape index (κ2) is 7.09. The zero-order valence-corrected chi connectivity index (χ0v) is 14.9. The standard InChI is InChI=1S/C19H24N4O2/c1-13-9-14(2)12-23(11-13)19(25)16-10-17(22(3)21-16)20-18(24)15-7-5-4-6-8-15/h4-8,10,13-14H,9,11-12H2,1-3H3,(H,20,24). The molecule has 2 unspecified atom stereocenters. The van der Waals surface area contributed by atoms with Crippen molar-refractivity contribution in [1.82, 2.24) is 14.7 Å². The summed E-state index contributed by atoms with van der Waals surface area (Å²) in [5, 5.41) is 7.11. The fourth-order valence-electron chi connectivity index (χ4n) is 3.46. The number of aryl methyl sites for hydroxylation is 1. The van der Waals surface area contributed by atoms with Gasteiger partial charge in [-0.2, -0.15) is 5.10 Å². The van der Waals surface area contributed by atoms with E-state index < -0.39 is 0 Å². The zero-order chi connectivity index (χ0) is 18.0. The van der Waals surface area contributed by atoms with E-state index in [-0.39, 0.29) is 11.8 Å². The normalized spacial score (nSPS) is 20.4. The van der Waals surface area contributed by atoms with Gasteiger partial charge < -0.3 is 10.2 Å². The van der Waals surface area contributed by atoms with Crippen LogP contribution < -0.4 is 5.32 Å². The van der Waals surface area contributed by atoms with Crippen molar-refractivity contribution in [1.29, 1.82) is 0 Å². The van der Waals surface area contributed by atoms with Crippen LogP contribution in [0.2, 0.25) is 0 Å². The molecule has 0 radical (unpaired) electrons. The van der Waals surface area contributed by atoms with E-state index in [0.717, 1.165) is 19.5 Å². The van der Waals surface area contributed by atoms with Gasteiger partial charge in [-0.1, -0.05) is 32.0 Å². The molecule has 0 bridgehead atoms. The Morgan fingerprint density at radius 1 is 1.12 bits per heavy atom. The first-order chi connectivity index (χ1) is 11.9. The number of piperidine rings is 1. The first-order valence-corrected chi connectivity index (χ1v) is 8.63. The predicted octanol–water partition coefficient (Wildman–Crippen LogP) is 2.79. The van der Waals surface area contributed by atoms with Gasteiger partial charge in [-0.15, -0.1) is 0 Å². The highest BCUT2D eigenvalue weighted by atomic mass is 16.2. The van der Waals surface area contributed by atoms with Gasteiger partial charge in [0.2, 0.25) is 0 Å². The molecule has 0 spiro atoms. The molecule has 0 saturated carbocycles. The Balaban J connectivity index is 1.73. The molecule has 2 heterocycles. The van der Waals surface area contributed by atoms with Crippen molar-refractivity contribution in [3.8, 4) is 0 Å². The van der Waals surface area contributed by atoms with Gasteiger partial charge in [-0.25, -0.2) is 0 Å². The van der Waals surface area contributed by atoms with Crippen molar-refractivity contribution in [2.45, 2.75) is 20.3 Å². The molecule has 2 aromatic rings. The van der Waals surface area contributed by atoms with Gasteiger partial charge >= 0.3 is 0 Å². The van der Waals surface area contributed by atoms with E-state index >= 15 is 0 Å². The summed E-state index contributed by atoms with van der Waals surface area (Å²) in [6, 6.07) is 10.6. The monoisotopic (exact) mass is 340 g/mol. The Hall–Kier alpha value is -2.63. The number of amides is 2. The number of anilines is 1. The Morgan fingerprint density at radius 2 is 1.76 bits per heavy atom. The summed E-state index contributed by atoms with van der Waals surface area (Å²) in [6.45, 7) is 5.84. The predicted molar refractivity (Wildman–Crippen MR) is 96.5 cm³/mol. The zero-order valence-electron chi connectivity index (χ0n) is 14.9. The second-order valence-electron chi connectivity index (χ2n) is 7.01. The number of aromatic nitrogens is 2. The molecule has 1 aromatic heterocycles. The molecule has 1 saturated heterocycles. The lowest BCUT2D eigenvalue weighted by atomic mass is 9.92. The van der Waals surface area contributed by atoms with Crippen molar-refractivity contribution >= 4 is 17.6 Å². The summed E-state index contributed by atoms with van der Waals surface area (Å²) in [6.07, 6.45) is 1.14. The van der Waals surface area contributed by atoms with Crippen LogP contribution in [0.5, 0.6) is 0 Å². The quantitative estimate of drug-likeness (QED) is 0.934. The number of benzene rings is 1. The molecule has 1 aliphatic rings. The van der Waals surface area contributed by atoms with E-state index in [9.17, 15) is 9.59 Å². The number of likely N-dealkylation sites (tertiary alicyclic amines) is 1. The maximum Gasteiger partial charge on any atom is 0.274 e. The van der Waals surface area contributed by atoms with Gasteiger partial charge in [0.15, 0.2) is 5.69 Å². The molecule has 2 atom stereocenters. The second-order valence-corrected chi connectivity index (χ2v) is 7.01. The molecule has 6 nitrogen and oxygen atoms in total. The van der Waals surface area contributed by atoms with Gasteiger partial charge in [0.25, 0.3) is 11.8 Å². The highest BCUT2D eigenvalue weighted by Crippen LogP contribution is 2.23. The summed E-state index contributed by atoms with van der Waals surface area (Å²) in [5.41, 5.74) is 0.933. The summed E-state index contributed by atoms with van der Waals surface area (Å²) in [7, 11) is 1.72. The van der Waals surface area contributed by atoms with Crippen molar-refractivity contribution in [2.75, 3.05) is 18.4 Å². The minimum Gasteiger partial charge on any atom is -0.337 e. The number of rotatable bonds is 3. The first-order valence-electron chi connectivity index (χ1n) is 8.63. The highest BCUT2D eigenvalue weighted by molar-refractivity contribution is 6.04. The van der Waals surface area contributed by atoms with E-state index in [0.29, 0.717) is 28.9 Å². The topological polar surface area (TPSA) is 67.2 Å².